The van der Waals surface area contributed by atoms with Gasteiger partial charge in [-0.1, -0.05) is 27.7 Å². The minimum absolute atomic E-state index is 0.390. The molecule has 0 aliphatic carbocycles. The highest BCUT2D eigenvalue weighted by Gasteiger charge is 2.13. The molecule has 15 heavy (non-hydrogen) atoms. The second-order valence-corrected chi connectivity index (χ2v) is 8.05. The number of rotatable bonds is 7. The van der Waals surface area contributed by atoms with Gasteiger partial charge in [-0.25, -0.2) is 0 Å². The molecule has 1 nitrogen and oxygen atoms in total. The Hall–Kier alpha value is 0.660. The van der Waals surface area contributed by atoms with Gasteiger partial charge in [0.2, 0.25) is 0 Å². The van der Waals surface area contributed by atoms with Gasteiger partial charge in [-0.15, -0.1) is 0 Å². The van der Waals surface area contributed by atoms with E-state index >= 15 is 0 Å². The molecule has 0 aromatic carbocycles. The van der Waals surface area contributed by atoms with Crippen LogP contribution < -0.4 is 5.32 Å². The maximum Gasteiger partial charge on any atom is 0.0130 e. The molecule has 0 fully saturated rings. The van der Waals surface area contributed by atoms with Crippen LogP contribution in [0.2, 0.25) is 0 Å². The molecule has 0 aliphatic heterocycles. The van der Waals surface area contributed by atoms with Gasteiger partial charge in [-0.05, 0) is 31.4 Å². The first-order chi connectivity index (χ1) is 6.85. The smallest absolute Gasteiger partial charge is 0.0130 e. The van der Waals surface area contributed by atoms with Crippen molar-refractivity contribution in [1.82, 2.24) is 5.32 Å². The van der Waals surface area contributed by atoms with Crippen molar-refractivity contribution in [3.05, 3.63) is 0 Å². The molecule has 2 unspecified atom stereocenters. The Bertz CT molecular complexity index is 154. The molecule has 0 bridgehead atoms. The van der Waals surface area contributed by atoms with E-state index in [1.807, 2.05) is 23.5 Å². The van der Waals surface area contributed by atoms with Crippen LogP contribution in [-0.2, 0) is 0 Å². The van der Waals surface area contributed by atoms with Gasteiger partial charge in [0.25, 0.3) is 0 Å². The Balaban J connectivity index is 3.53. The minimum Gasteiger partial charge on any atom is -0.313 e. The zero-order valence-electron chi connectivity index (χ0n) is 11.1. The Labute approximate surface area is 105 Å². The van der Waals surface area contributed by atoms with Gasteiger partial charge in [0.1, 0.15) is 0 Å². The van der Waals surface area contributed by atoms with Crippen molar-refractivity contribution in [3.63, 3.8) is 0 Å². The van der Waals surface area contributed by atoms with Crippen LogP contribution in [0.15, 0.2) is 0 Å². The van der Waals surface area contributed by atoms with E-state index in [1.54, 1.807) is 0 Å². The Morgan fingerprint density at radius 3 is 2.20 bits per heavy atom. The van der Waals surface area contributed by atoms with Crippen molar-refractivity contribution >= 4 is 23.5 Å². The molecule has 0 aromatic heterocycles. The second kappa shape index (κ2) is 7.86. The van der Waals surface area contributed by atoms with Gasteiger partial charge in [0.05, 0.1) is 0 Å². The van der Waals surface area contributed by atoms with Crippen LogP contribution in [-0.4, -0.2) is 35.1 Å². The number of thioether (sulfide) groups is 2. The highest BCUT2D eigenvalue weighted by Crippen LogP contribution is 2.23. The predicted octanol–water partition coefficient (Wildman–Crippen LogP) is 3.50. The quantitative estimate of drug-likeness (QED) is 0.742. The van der Waals surface area contributed by atoms with Crippen molar-refractivity contribution in [1.29, 1.82) is 0 Å². The predicted molar refractivity (Wildman–Crippen MR) is 77.2 cm³/mol. The van der Waals surface area contributed by atoms with Crippen molar-refractivity contribution in [2.75, 3.05) is 24.3 Å². The molecule has 0 saturated carbocycles. The lowest BCUT2D eigenvalue weighted by molar-refractivity contribution is 0.513. The molecule has 0 saturated heterocycles. The molecule has 0 heterocycles. The largest absolute Gasteiger partial charge is 0.313 e. The maximum atomic E-state index is 3.61. The highest BCUT2D eigenvalue weighted by molar-refractivity contribution is 8.00. The van der Waals surface area contributed by atoms with E-state index in [1.165, 1.54) is 11.5 Å². The zero-order valence-corrected chi connectivity index (χ0v) is 12.7. The van der Waals surface area contributed by atoms with Crippen LogP contribution in [0.5, 0.6) is 0 Å². The lowest BCUT2D eigenvalue weighted by Gasteiger charge is -2.22. The summed E-state index contributed by atoms with van der Waals surface area (Å²) in [5.74, 6) is 3.24. The standard InChI is InChI=1S/C12H27NS2/c1-10(8-14-6)7-13-11(2)9-15-12(3,4)5/h10-11,13H,7-9H2,1-6H3. The summed E-state index contributed by atoms with van der Waals surface area (Å²) in [6.07, 6.45) is 2.18. The van der Waals surface area contributed by atoms with E-state index in [0.29, 0.717) is 10.8 Å². The normalized spacial score (nSPS) is 16.4. The molecule has 0 spiro atoms. The molecule has 0 amide bonds. The summed E-state index contributed by atoms with van der Waals surface area (Å²) in [6, 6.07) is 0.624. The summed E-state index contributed by atoms with van der Waals surface area (Å²) in [5, 5.41) is 3.61. The van der Waals surface area contributed by atoms with Crippen molar-refractivity contribution in [2.45, 2.75) is 45.4 Å². The fourth-order valence-corrected chi connectivity index (χ4v) is 2.73. The van der Waals surface area contributed by atoms with E-state index in [4.69, 9.17) is 0 Å². The van der Waals surface area contributed by atoms with Crippen LogP contribution in [0.1, 0.15) is 34.6 Å². The summed E-state index contributed by atoms with van der Waals surface area (Å²) in [7, 11) is 0. The van der Waals surface area contributed by atoms with Crippen molar-refractivity contribution in [3.8, 4) is 0 Å². The lowest BCUT2D eigenvalue weighted by atomic mass is 10.2. The van der Waals surface area contributed by atoms with Gasteiger partial charge < -0.3 is 5.32 Å². The van der Waals surface area contributed by atoms with Gasteiger partial charge in [0.15, 0.2) is 0 Å². The number of nitrogens with one attached hydrogen (secondary N) is 1. The molecular weight excluding hydrogens is 222 g/mol. The van der Waals surface area contributed by atoms with Crippen LogP contribution in [0.25, 0.3) is 0 Å². The first-order valence-electron chi connectivity index (χ1n) is 5.71. The summed E-state index contributed by atoms with van der Waals surface area (Å²) in [6.45, 7) is 12.6. The molecule has 3 heteroatoms. The summed E-state index contributed by atoms with van der Waals surface area (Å²) in [4.78, 5) is 0. The third kappa shape index (κ3) is 10.9. The highest BCUT2D eigenvalue weighted by atomic mass is 32.2. The Kier molecular flexibility index (Phi) is 8.20. The van der Waals surface area contributed by atoms with E-state index in [9.17, 15) is 0 Å². The van der Waals surface area contributed by atoms with Crippen LogP contribution in [0.3, 0.4) is 0 Å². The second-order valence-electron chi connectivity index (χ2n) is 5.29. The van der Waals surface area contributed by atoms with Crippen LogP contribution in [0.4, 0.5) is 0 Å². The van der Waals surface area contributed by atoms with Crippen molar-refractivity contribution in [2.24, 2.45) is 5.92 Å². The average molecular weight is 249 g/mol. The van der Waals surface area contributed by atoms with Crippen molar-refractivity contribution < 1.29 is 0 Å². The lowest BCUT2D eigenvalue weighted by Crippen LogP contribution is -2.33. The third-order valence-corrected chi connectivity index (χ3v) is 4.47. The van der Waals surface area contributed by atoms with E-state index < -0.39 is 0 Å². The molecule has 1 N–H and O–H groups in total. The first-order valence-corrected chi connectivity index (χ1v) is 8.09. The van der Waals surface area contributed by atoms with Crippen LogP contribution >= 0.6 is 23.5 Å². The number of hydrogen-bond acceptors (Lipinski definition) is 3. The van der Waals surface area contributed by atoms with Gasteiger partial charge in [-0.2, -0.15) is 23.5 Å². The van der Waals surface area contributed by atoms with Crippen LogP contribution in [0, 0.1) is 5.92 Å². The van der Waals surface area contributed by atoms with Gasteiger partial charge >= 0.3 is 0 Å². The molecule has 0 radical (unpaired) electrons. The Morgan fingerprint density at radius 2 is 1.73 bits per heavy atom. The topological polar surface area (TPSA) is 12.0 Å². The SMILES string of the molecule is CSCC(C)CNC(C)CSC(C)(C)C. The molecule has 92 valence electrons. The molecule has 2 atom stereocenters. The molecular formula is C12H27NS2. The van der Waals surface area contributed by atoms with E-state index in [0.717, 1.165) is 12.5 Å². The van der Waals surface area contributed by atoms with E-state index in [2.05, 4.69) is 46.2 Å². The zero-order chi connectivity index (χ0) is 11.9. The van der Waals surface area contributed by atoms with E-state index in [-0.39, 0.29) is 0 Å². The van der Waals surface area contributed by atoms with Gasteiger partial charge in [-0.3, -0.25) is 0 Å². The minimum atomic E-state index is 0.390. The Morgan fingerprint density at radius 1 is 1.13 bits per heavy atom. The third-order valence-electron chi connectivity index (χ3n) is 2.03. The number of hydrogen-bond donors (Lipinski definition) is 1. The fourth-order valence-electron chi connectivity index (χ4n) is 1.18. The maximum absolute atomic E-state index is 3.61. The molecule has 0 rings (SSSR count). The summed E-state index contributed by atoms with van der Waals surface area (Å²) in [5.41, 5.74) is 0. The molecule has 0 aliphatic rings. The van der Waals surface area contributed by atoms with Gasteiger partial charge in [0, 0.05) is 16.5 Å². The summed E-state index contributed by atoms with van der Waals surface area (Å²) >= 11 is 3.97. The monoisotopic (exact) mass is 249 g/mol. The fraction of sp³-hybridized carbons (Fsp3) is 1.00. The summed E-state index contributed by atoms with van der Waals surface area (Å²) < 4.78 is 0.390. The first kappa shape index (κ1) is 15.7. The molecule has 0 aromatic rings. The average Bonchev–Trinajstić information content (AvgIpc) is 2.11.